The number of nitrogens with zero attached hydrogens (tertiary/aromatic N) is 2. The molecule has 1 aromatic heterocycles. The number of para-hydroxylation sites is 2. The molecule has 0 radical (unpaired) electrons. The van der Waals surface area contributed by atoms with Crippen LogP contribution < -0.4 is 5.73 Å². The van der Waals surface area contributed by atoms with Gasteiger partial charge in [0, 0.05) is 11.7 Å². The molecular formula is C17H19N3. The standard InChI is InChI=1S/C17H19N3/c1-2-14(18)10-13-6-5-7-15(11-13)20-12-19-16-8-3-4-9-17(16)20/h3-9,11-12,14H,2,10,18H2,1H3. The van der Waals surface area contributed by atoms with Crippen LogP contribution in [0.4, 0.5) is 0 Å². The minimum absolute atomic E-state index is 0.227. The predicted octanol–water partition coefficient (Wildman–Crippen LogP) is 3.31. The number of rotatable bonds is 4. The smallest absolute Gasteiger partial charge is 0.100 e. The predicted molar refractivity (Wildman–Crippen MR) is 83.0 cm³/mol. The summed E-state index contributed by atoms with van der Waals surface area (Å²) in [5, 5.41) is 0. The van der Waals surface area contributed by atoms with Gasteiger partial charge in [-0.25, -0.2) is 4.98 Å². The van der Waals surface area contributed by atoms with Gasteiger partial charge in [0.15, 0.2) is 0 Å². The summed E-state index contributed by atoms with van der Waals surface area (Å²) >= 11 is 0. The van der Waals surface area contributed by atoms with Crippen molar-refractivity contribution in [2.45, 2.75) is 25.8 Å². The maximum absolute atomic E-state index is 6.05. The lowest BCUT2D eigenvalue weighted by Crippen LogP contribution is -2.21. The van der Waals surface area contributed by atoms with Crippen LogP contribution in [-0.4, -0.2) is 15.6 Å². The normalized spacial score (nSPS) is 12.7. The highest BCUT2D eigenvalue weighted by atomic mass is 15.0. The van der Waals surface area contributed by atoms with E-state index in [4.69, 9.17) is 5.73 Å². The average molecular weight is 265 g/mol. The molecule has 0 spiro atoms. The summed E-state index contributed by atoms with van der Waals surface area (Å²) in [6.07, 6.45) is 3.79. The molecule has 3 aromatic rings. The molecule has 1 heterocycles. The SMILES string of the molecule is CCC(N)Cc1cccc(-n2cnc3ccccc32)c1. The van der Waals surface area contributed by atoms with Gasteiger partial charge in [-0.05, 0) is 42.7 Å². The van der Waals surface area contributed by atoms with Crippen molar-refractivity contribution in [2.24, 2.45) is 5.73 Å². The van der Waals surface area contributed by atoms with E-state index in [2.05, 4.69) is 46.8 Å². The van der Waals surface area contributed by atoms with Crippen LogP contribution in [0.1, 0.15) is 18.9 Å². The van der Waals surface area contributed by atoms with Gasteiger partial charge >= 0.3 is 0 Å². The molecule has 2 aromatic carbocycles. The second-order valence-corrected chi connectivity index (χ2v) is 5.15. The van der Waals surface area contributed by atoms with Crippen molar-refractivity contribution in [1.29, 1.82) is 0 Å². The molecular weight excluding hydrogens is 246 g/mol. The van der Waals surface area contributed by atoms with E-state index < -0.39 is 0 Å². The minimum Gasteiger partial charge on any atom is -0.327 e. The van der Waals surface area contributed by atoms with Crippen LogP contribution in [0, 0.1) is 0 Å². The molecule has 102 valence electrons. The third kappa shape index (κ3) is 2.45. The van der Waals surface area contributed by atoms with Crippen molar-refractivity contribution in [3.05, 3.63) is 60.4 Å². The average Bonchev–Trinajstić information content (AvgIpc) is 2.91. The molecule has 0 saturated carbocycles. The molecule has 0 saturated heterocycles. The number of nitrogens with two attached hydrogens (primary N) is 1. The summed E-state index contributed by atoms with van der Waals surface area (Å²) in [7, 11) is 0. The number of hydrogen-bond donors (Lipinski definition) is 1. The molecule has 0 aliphatic rings. The van der Waals surface area contributed by atoms with Gasteiger partial charge in [-0.15, -0.1) is 0 Å². The summed E-state index contributed by atoms with van der Waals surface area (Å²) in [6.45, 7) is 2.12. The first kappa shape index (κ1) is 12.9. The molecule has 1 unspecified atom stereocenters. The van der Waals surface area contributed by atoms with E-state index >= 15 is 0 Å². The zero-order chi connectivity index (χ0) is 13.9. The third-order valence-electron chi connectivity index (χ3n) is 3.66. The van der Waals surface area contributed by atoms with Crippen molar-refractivity contribution < 1.29 is 0 Å². The monoisotopic (exact) mass is 265 g/mol. The summed E-state index contributed by atoms with van der Waals surface area (Å²) < 4.78 is 2.12. The van der Waals surface area contributed by atoms with E-state index in [1.165, 1.54) is 5.56 Å². The van der Waals surface area contributed by atoms with E-state index in [0.29, 0.717) is 0 Å². The van der Waals surface area contributed by atoms with Crippen molar-refractivity contribution in [1.82, 2.24) is 9.55 Å². The lowest BCUT2D eigenvalue weighted by Gasteiger charge is -2.11. The van der Waals surface area contributed by atoms with Crippen LogP contribution in [0.3, 0.4) is 0 Å². The largest absolute Gasteiger partial charge is 0.327 e. The van der Waals surface area contributed by atoms with Crippen LogP contribution in [0.25, 0.3) is 16.7 Å². The van der Waals surface area contributed by atoms with Crippen molar-refractivity contribution in [3.8, 4) is 5.69 Å². The zero-order valence-corrected chi connectivity index (χ0v) is 11.7. The number of benzene rings is 2. The molecule has 0 aliphatic heterocycles. The lowest BCUT2D eigenvalue weighted by molar-refractivity contribution is 0.646. The number of fused-ring (bicyclic) bond motifs is 1. The van der Waals surface area contributed by atoms with E-state index in [9.17, 15) is 0 Å². The quantitative estimate of drug-likeness (QED) is 0.786. The summed E-state index contributed by atoms with van der Waals surface area (Å²) in [5.74, 6) is 0. The van der Waals surface area contributed by atoms with Crippen LogP contribution in [0.5, 0.6) is 0 Å². The van der Waals surface area contributed by atoms with Gasteiger partial charge in [-0.3, -0.25) is 4.57 Å². The minimum atomic E-state index is 0.227. The van der Waals surface area contributed by atoms with E-state index in [1.54, 1.807) is 0 Å². The second-order valence-electron chi connectivity index (χ2n) is 5.15. The highest BCUT2D eigenvalue weighted by Gasteiger charge is 2.06. The topological polar surface area (TPSA) is 43.8 Å². The van der Waals surface area contributed by atoms with Crippen LogP contribution >= 0.6 is 0 Å². The van der Waals surface area contributed by atoms with Gasteiger partial charge in [-0.1, -0.05) is 31.2 Å². The fourth-order valence-electron chi connectivity index (χ4n) is 2.45. The van der Waals surface area contributed by atoms with Gasteiger partial charge < -0.3 is 5.73 Å². The van der Waals surface area contributed by atoms with Crippen molar-refractivity contribution in [3.63, 3.8) is 0 Å². The Kier molecular flexibility index (Phi) is 3.52. The van der Waals surface area contributed by atoms with Gasteiger partial charge in [0.25, 0.3) is 0 Å². The Morgan fingerprint density at radius 1 is 1.15 bits per heavy atom. The molecule has 3 heteroatoms. The van der Waals surface area contributed by atoms with Gasteiger partial charge in [0.2, 0.25) is 0 Å². The van der Waals surface area contributed by atoms with Crippen molar-refractivity contribution in [2.75, 3.05) is 0 Å². The fraction of sp³-hybridized carbons (Fsp3) is 0.235. The van der Waals surface area contributed by atoms with Gasteiger partial charge in [0.1, 0.15) is 6.33 Å². The molecule has 3 nitrogen and oxygen atoms in total. The Bertz CT molecular complexity index is 715. The fourth-order valence-corrected chi connectivity index (χ4v) is 2.45. The third-order valence-corrected chi connectivity index (χ3v) is 3.66. The maximum atomic E-state index is 6.05. The van der Waals surface area contributed by atoms with E-state index in [0.717, 1.165) is 29.6 Å². The first-order valence-corrected chi connectivity index (χ1v) is 7.05. The molecule has 0 bridgehead atoms. The molecule has 1 atom stereocenters. The second kappa shape index (κ2) is 5.47. The zero-order valence-electron chi connectivity index (χ0n) is 11.7. The molecule has 2 N–H and O–H groups in total. The highest BCUT2D eigenvalue weighted by molar-refractivity contribution is 5.77. The molecule has 0 amide bonds. The van der Waals surface area contributed by atoms with Crippen molar-refractivity contribution >= 4 is 11.0 Å². The maximum Gasteiger partial charge on any atom is 0.100 e. The Morgan fingerprint density at radius 3 is 2.85 bits per heavy atom. The number of aromatic nitrogens is 2. The Labute approximate surface area is 119 Å². The number of imidazole rings is 1. The summed E-state index contributed by atoms with van der Waals surface area (Å²) in [4.78, 5) is 4.44. The van der Waals surface area contributed by atoms with E-state index in [-0.39, 0.29) is 6.04 Å². The molecule has 20 heavy (non-hydrogen) atoms. The first-order chi connectivity index (χ1) is 9.78. The Morgan fingerprint density at radius 2 is 2.00 bits per heavy atom. The summed E-state index contributed by atoms with van der Waals surface area (Å²) in [6, 6.07) is 16.9. The van der Waals surface area contributed by atoms with Gasteiger partial charge in [-0.2, -0.15) is 0 Å². The van der Waals surface area contributed by atoms with E-state index in [1.807, 2.05) is 24.5 Å². The van der Waals surface area contributed by atoms with Crippen LogP contribution in [0.2, 0.25) is 0 Å². The first-order valence-electron chi connectivity index (χ1n) is 7.05. The number of hydrogen-bond acceptors (Lipinski definition) is 2. The highest BCUT2D eigenvalue weighted by Crippen LogP contribution is 2.19. The Balaban J connectivity index is 2.00. The molecule has 0 aliphatic carbocycles. The molecule has 0 fully saturated rings. The summed E-state index contributed by atoms with van der Waals surface area (Å²) in [5.41, 5.74) is 10.6. The lowest BCUT2D eigenvalue weighted by atomic mass is 10.0. The van der Waals surface area contributed by atoms with Gasteiger partial charge in [0.05, 0.1) is 11.0 Å². The van der Waals surface area contributed by atoms with Crippen LogP contribution in [-0.2, 0) is 6.42 Å². The Hall–Kier alpha value is -2.13. The molecule has 3 rings (SSSR count). The van der Waals surface area contributed by atoms with Crippen LogP contribution in [0.15, 0.2) is 54.9 Å².